The molecule has 2 nitrogen and oxygen atoms in total. The minimum absolute atomic E-state index is 0.118. The van der Waals surface area contributed by atoms with Crippen LogP contribution in [0.3, 0.4) is 0 Å². The van der Waals surface area contributed by atoms with Crippen molar-refractivity contribution in [2.45, 2.75) is 38.8 Å². The Labute approximate surface area is 91.3 Å². The maximum Gasteiger partial charge on any atom is 0.0682 e. The summed E-state index contributed by atoms with van der Waals surface area (Å²) in [6, 6.07) is 8.53. The van der Waals surface area contributed by atoms with Gasteiger partial charge in [0.1, 0.15) is 0 Å². The molecule has 1 aliphatic carbocycles. The molecule has 1 aromatic rings. The van der Waals surface area contributed by atoms with E-state index in [2.05, 4.69) is 18.3 Å². The van der Waals surface area contributed by atoms with Crippen LogP contribution in [-0.2, 0) is 6.61 Å². The first-order valence-electron chi connectivity index (χ1n) is 5.74. The molecule has 1 saturated carbocycles. The van der Waals surface area contributed by atoms with Gasteiger partial charge in [-0.3, -0.25) is 0 Å². The fourth-order valence-electron chi connectivity index (χ4n) is 1.96. The molecule has 1 atom stereocenters. The second kappa shape index (κ2) is 4.67. The van der Waals surface area contributed by atoms with Crippen LogP contribution in [0.5, 0.6) is 0 Å². The average Bonchev–Trinajstić information content (AvgIpc) is 3.02. The molecule has 1 aromatic carbocycles. The molecule has 0 aliphatic heterocycles. The fraction of sp³-hybridized carbons (Fsp3) is 0.538. The first-order chi connectivity index (χ1) is 7.28. The largest absolute Gasteiger partial charge is 0.392 e. The third-order valence-electron chi connectivity index (χ3n) is 2.91. The zero-order valence-electron chi connectivity index (χ0n) is 9.24. The normalized spacial score (nSPS) is 17.5. The summed E-state index contributed by atoms with van der Waals surface area (Å²) in [7, 11) is 0. The summed E-state index contributed by atoms with van der Waals surface area (Å²) >= 11 is 0. The summed E-state index contributed by atoms with van der Waals surface area (Å²) in [5, 5.41) is 12.5. The van der Waals surface area contributed by atoms with Crippen LogP contribution in [-0.4, -0.2) is 11.1 Å². The number of hydrogen-bond donors (Lipinski definition) is 2. The van der Waals surface area contributed by atoms with Crippen molar-refractivity contribution in [2.24, 2.45) is 5.92 Å². The van der Waals surface area contributed by atoms with Crippen LogP contribution in [0.4, 0.5) is 5.69 Å². The summed E-state index contributed by atoms with van der Waals surface area (Å²) in [6.07, 6.45) is 4.08. The lowest BCUT2D eigenvalue weighted by molar-refractivity contribution is 0.282. The van der Waals surface area contributed by atoms with E-state index in [0.29, 0.717) is 6.04 Å². The molecule has 1 fully saturated rings. The van der Waals surface area contributed by atoms with E-state index in [1.165, 1.54) is 19.3 Å². The predicted molar refractivity (Wildman–Crippen MR) is 62.8 cm³/mol. The SMILES string of the molecule is C[C@H](CC1CC1)Nc1cccc(CO)c1. The van der Waals surface area contributed by atoms with Crippen molar-refractivity contribution in [3.05, 3.63) is 29.8 Å². The topological polar surface area (TPSA) is 32.3 Å². The van der Waals surface area contributed by atoms with E-state index < -0.39 is 0 Å². The minimum Gasteiger partial charge on any atom is -0.392 e. The van der Waals surface area contributed by atoms with E-state index in [4.69, 9.17) is 5.11 Å². The zero-order chi connectivity index (χ0) is 10.7. The van der Waals surface area contributed by atoms with Crippen LogP contribution in [0.2, 0.25) is 0 Å². The highest BCUT2D eigenvalue weighted by Gasteiger charge is 2.23. The Morgan fingerprint density at radius 1 is 1.47 bits per heavy atom. The molecule has 2 rings (SSSR count). The van der Waals surface area contributed by atoms with Crippen LogP contribution in [0.25, 0.3) is 0 Å². The van der Waals surface area contributed by atoms with Crippen molar-refractivity contribution in [1.82, 2.24) is 0 Å². The van der Waals surface area contributed by atoms with Crippen molar-refractivity contribution in [1.29, 1.82) is 0 Å². The number of nitrogens with one attached hydrogen (secondary N) is 1. The quantitative estimate of drug-likeness (QED) is 0.774. The molecule has 0 bridgehead atoms. The molecule has 0 radical (unpaired) electrons. The van der Waals surface area contributed by atoms with Gasteiger partial charge >= 0.3 is 0 Å². The number of hydrogen-bond acceptors (Lipinski definition) is 2. The third kappa shape index (κ3) is 3.24. The number of rotatable bonds is 5. The van der Waals surface area contributed by atoms with Gasteiger partial charge in [-0.05, 0) is 37.0 Å². The first kappa shape index (κ1) is 10.5. The molecule has 82 valence electrons. The molecule has 2 heteroatoms. The number of aliphatic hydroxyl groups excluding tert-OH is 1. The lowest BCUT2D eigenvalue weighted by atomic mass is 10.1. The second-order valence-corrected chi connectivity index (χ2v) is 4.58. The van der Waals surface area contributed by atoms with Crippen LogP contribution < -0.4 is 5.32 Å². The molecule has 0 spiro atoms. The fourth-order valence-corrected chi connectivity index (χ4v) is 1.96. The van der Waals surface area contributed by atoms with E-state index in [9.17, 15) is 0 Å². The molecular formula is C13H19NO. The highest BCUT2D eigenvalue weighted by atomic mass is 16.3. The van der Waals surface area contributed by atoms with Gasteiger partial charge in [0.2, 0.25) is 0 Å². The maximum atomic E-state index is 9.02. The lowest BCUT2D eigenvalue weighted by Crippen LogP contribution is -2.15. The van der Waals surface area contributed by atoms with Crippen LogP contribution in [0, 0.1) is 5.92 Å². The van der Waals surface area contributed by atoms with Gasteiger partial charge in [-0.1, -0.05) is 25.0 Å². The molecule has 0 amide bonds. The summed E-state index contributed by atoms with van der Waals surface area (Å²) < 4.78 is 0. The molecule has 2 N–H and O–H groups in total. The van der Waals surface area contributed by atoms with E-state index >= 15 is 0 Å². The van der Waals surface area contributed by atoms with Crippen LogP contribution in [0.1, 0.15) is 31.7 Å². The van der Waals surface area contributed by atoms with Gasteiger partial charge in [0.25, 0.3) is 0 Å². The van der Waals surface area contributed by atoms with Gasteiger partial charge in [-0.15, -0.1) is 0 Å². The number of benzene rings is 1. The first-order valence-corrected chi connectivity index (χ1v) is 5.74. The van der Waals surface area contributed by atoms with Crippen molar-refractivity contribution in [2.75, 3.05) is 5.32 Å². The van der Waals surface area contributed by atoms with E-state index in [0.717, 1.165) is 17.2 Å². The molecule has 0 unspecified atom stereocenters. The number of anilines is 1. The maximum absolute atomic E-state index is 9.02. The van der Waals surface area contributed by atoms with Crippen molar-refractivity contribution in [3.63, 3.8) is 0 Å². The average molecular weight is 205 g/mol. The monoisotopic (exact) mass is 205 g/mol. The van der Waals surface area contributed by atoms with Gasteiger partial charge < -0.3 is 10.4 Å². The summed E-state index contributed by atoms with van der Waals surface area (Å²) in [6.45, 7) is 2.34. The summed E-state index contributed by atoms with van der Waals surface area (Å²) in [5.41, 5.74) is 2.09. The Kier molecular flexibility index (Phi) is 3.27. The van der Waals surface area contributed by atoms with Gasteiger partial charge in [0, 0.05) is 11.7 Å². The third-order valence-corrected chi connectivity index (χ3v) is 2.91. The molecule has 0 heterocycles. The summed E-state index contributed by atoms with van der Waals surface area (Å²) in [4.78, 5) is 0. The Bertz CT molecular complexity index is 320. The predicted octanol–water partition coefficient (Wildman–Crippen LogP) is 2.78. The van der Waals surface area contributed by atoms with Gasteiger partial charge in [0.15, 0.2) is 0 Å². The zero-order valence-corrected chi connectivity index (χ0v) is 9.24. The van der Waals surface area contributed by atoms with E-state index in [1.54, 1.807) is 0 Å². The van der Waals surface area contributed by atoms with Crippen molar-refractivity contribution >= 4 is 5.69 Å². The highest BCUT2D eigenvalue weighted by Crippen LogP contribution is 2.34. The van der Waals surface area contributed by atoms with Crippen LogP contribution >= 0.6 is 0 Å². The molecule has 0 saturated heterocycles. The molecule has 15 heavy (non-hydrogen) atoms. The van der Waals surface area contributed by atoms with Gasteiger partial charge in [0.05, 0.1) is 6.61 Å². The Morgan fingerprint density at radius 2 is 2.27 bits per heavy atom. The Balaban J connectivity index is 1.90. The Morgan fingerprint density at radius 3 is 2.93 bits per heavy atom. The summed E-state index contributed by atoms with van der Waals surface area (Å²) in [5.74, 6) is 0.952. The highest BCUT2D eigenvalue weighted by molar-refractivity contribution is 5.46. The minimum atomic E-state index is 0.118. The second-order valence-electron chi connectivity index (χ2n) is 4.58. The molecule has 0 aromatic heterocycles. The standard InChI is InChI=1S/C13H19NO/c1-10(7-11-5-6-11)14-13-4-2-3-12(8-13)9-15/h2-4,8,10-11,14-15H,5-7,9H2,1H3/t10-/m1/s1. The van der Waals surface area contributed by atoms with Crippen molar-refractivity contribution < 1.29 is 5.11 Å². The van der Waals surface area contributed by atoms with Crippen LogP contribution in [0.15, 0.2) is 24.3 Å². The van der Waals surface area contributed by atoms with Gasteiger partial charge in [-0.25, -0.2) is 0 Å². The van der Waals surface area contributed by atoms with E-state index in [-0.39, 0.29) is 6.61 Å². The Hall–Kier alpha value is -1.02. The lowest BCUT2D eigenvalue weighted by Gasteiger charge is -2.15. The molecular weight excluding hydrogens is 186 g/mol. The van der Waals surface area contributed by atoms with E-state index in [1.807, 2.05) is 18.2 Å². The number of aliphatic hydroxyl groups is 1. The molecule has 1 aliphatic rings. The van der Waals surface area contributed by atoms with Crippen molar-refractivity contribution in [3.8, 4) is 0 Å². The van der Waals surface area contributed by atoms with Gasteiger partial charge in [-0.2, -0.15) is 0 Å². The smallest absolute Gasteiger partial charge is 0.0682 e.